The van der Waals surface area contributed by atoms with Crippen LogP contribution in [0.15, 0.2) is 41.3 Å². The lowest BCUT2D eigenvalue weighted by molar-refractivity contribution is 0.411. The van der Waals surface area contributed by atoms with Crippen LogP contribution in [0.2, 0.25) is 0 Å². The second-order valence-electron chi connectivity index (χ2n) is 5.41. The second-order valence-corrected chi connectivity index (χ2v) is 6.50. The molecule has 0 aromatic heterocycles. The van der Waals surface area contributed by atoms with Crippen LogP contribution in [0.4, 0.5) is 0 Å². The third kappa shape index (κ3) is 4.02. The summed E-state index contributed by atoms with van der Waals surface area (Å²) in [6.07, 6.45) is 0. The Kier molecular flexibility index (Phi) is 5.32. The van der Waals surface area contributed by atoms with Gasteiger partial charge >= 0.3 is 0 Å². The number of nitrogens with two attached hydrogens (primary N) is 1. The number of benzene rings is 2. The van der Waals surface area contributed by atoms with E-state index in [0.29, 0.717) is 0 Å². The summed E-state index contributed by atoms with van der Waals surface area (Å²) in [6.45, 7) is 6.25. The Morgan fingerprint density at radius 1 is 1.05 bits per heavy atom. The Bertz CT molecular complexity index is 607. The van der Waals surface area contributed by atoms with Gasteiger partial charge in [0.05, 0.1) is 7.11 Å². The number of hydrogen-bond acceptors (Lipinski definition) is 3. The number of ether oxygens (including phenoxy) is 1. The Morgan fingerprint density at radius 2 is 1.71 bits per heavy atom. The maximum atomic E-state index is 6.37. The van der Waals surface area contributed by atoms with E-state index < -0.39 is 0 Å². The molecule has 0 saturated heterocycles. The average molecular weight is 301 g/mol. The quantitative estimate of drug-likeness (QED) is 0.831. The number of aryl methyl sites for hydroxylation is 3. The van der Waals surface area contributed by atoms with Gasteiger partial charge < -0.3 is 10.5 Å². The lowest BCUT2D eigenvalue weighted by Gasteiger charge is -2.17. The highest BCUT2D eigenvalue weighted by atomic mass is 32.2. The summed E-state index contributed by atoms with van der Waals surface area (Å²) in [4.78, 5) is 1.26. The fourth-order valence-electron chi connectivity index (χ4n) is 2.34. The molecule has 0 aliphatic rings. The Balaban J connectivity index is 2.08. The highest BCUT2D eigenvalue weighted by Crippen LogP contribution is 2.29. The van der Waals surface area contributed by atoms with Gasteiger partial charge in [-0.2, -0.15) is 0 Å². The van der Waals surface area contributed by atoms with E-state index in [1.807, 2.05) is 0 Å². The van der Waals surface area contributed by atoms with Crippen LogP contribution < -0.4 is 10.5 Å². The van der Waals surface area contributed by atoms with Gasteiger partial charge in [0.2, 0.25) is 0 Å². The smallest absolute Gasteiger partial charge is 0.122 e. The summed E-state index contributed by atoms with van der Waals surface area (Å²) in [6, 6.07) is 12.8. The van der Waals surface area contributed by atoms with E-state index >= 15 is 0 Å². The maximum Gasteiger partial charge on any atom is 0.122 e. The van der Waals surface area contributed by atoms with Crippen molar-refractivity contribution < 1.29 is 4.74 Å². The molecule has 0 radical (unpaired) electrons. The zero-order chi connectivity index (χ0) is 15.4. The second kappa shape index (κ2) is 7.01. The van der Waals surface area contributed by atoms with Crippen molar-refractivity contribution in [3.8, 4) is 5.75 Å². The van der Waals surface area contributed by atoms with E-state index in [1.54, 1.807) is 18.9 Å². The van der Waals surface area contributed by atoms with Crippen LogP contribution in [-0.2, 0) is 0 Å². The standard InChI is InChI=1S/C18H23NOS/c1-12-5-7-15(8-6-12)21-11-17(19)16-9-14(3)18(20-4)10-13(16)2/h5-10,17H,11,19H2,1-4H3. The van der Waals surface area contributed by atoms with Gasteiger partial charge in [-0.05, 0) is 55.7 Å². The molecular formula is C18H23NOS. The molecule has 2 rings (SSSR count). The molecule has 2 N–H and O–H groups in total. The molecule has 21 heavy (non-hydrogen) atoms. The summed E-state index contributed by atoms with van der Waals surface area (Å²) in [5.74, 6) is 1.80. The van der Waals surface area contributed by atoms with E-state index in [9.17, 15) is 0 Å². The first-order valence-electron chi connectivity index (χ1n) is 7.11. The molecule has 1 atom stereocenters. The van der Waals surface area contributed by atoms with E-state index in [4.69, 9.17) is 10.5 Å². The van der Waals surface area contributed by atoms with Crippen LogP contribution in [-0.4, -0.2) is 12.9 Å². The van der Waals surface area contributed by atoms with Gasteiger partial charge in [-0.15, -0.1) is 11.8 Å². The summed E-state index contributed by atoms with van der Waals surface area (Å²) >= 11 is 1.80. The zero-order valence-electron chi connectivity index (χ0n) is 13.1. The summed E-state index contributed by atoms with van der Waals surface area (Å²) < 4.78 is 5.35. The fourth-order valence-corrected chi connectivity index (χ4v) is 3.22. The monoisotopic (exact) mass is 301 g/mol. The predicted octanol–water partition coefficient (Wildman–Crippen LogP) is 4.41. The molecule has 1 unspecified atom stereocenters. The van der Waals surface area contributed by atoms with Gasteiger partial charge in [0.25, 0.3) is 0 Å². The summed E-state index contributed by atoms with van der Waals surface area (Å²) in [5, 5.41) is 0. The molecule has 0 fully saturated rings. The molecule has 0 spiro atoms. The van der Waals surface area contributed by atoms with Crippen LogP contribution in [0, 0.1) is 20.8 Å². The highest BCUT2D eigenvalue weighted by molar-refractivity contribution is 7.99. The van der Waals surface area contributed by atoms with Crippen molar-refractivity contribution in [3.05, 3.63) is 58.7 Å². The normalized spacial score (nSPS) is 12.2. The van der Waals surface area contributed by atoms with Crippen molar-refractivity contribution in [2.45, 2.75) is 31.7 Å². The van der Waals surface area contributed by atoms with Crippen molar-refractivity contribution in [2.75, 3.05) is 12.9 Å². The first-order valence-corrected chi connectivity index (χ1v) is 8.10. The Labute approximate surface area is 131 Å². The minimum atomic E-state index is 0.0286. The third-order valence-corrected chi connectivity index (χ3v) is 4.76. The third-order valence-electron chi connectivity index (χ3n) is 3.63. The Hall–Kier alpha value is -1.45. The van der Waals surface area contributed by atoms with Crippen molar-refractivity contribution in [1.29, 1.82) is 0 Å². The first-order chi connectivity index (χ1) is 10.0. The molecule has 0 bridgehead atoms. The van der Waals surface area contributed by atoms with Gasteiger partial charge in [0.15, 0.2) is 0 Å². The molecule has 0 aliphatic carbocycles. The minimum absolute atomic E-state index is 0.0286. The molecule has 0 aliphatic heterocycles. The molecule has 2 aromatic rings. The van der Waals surface area contributed by atoms with Gasteiger partial charge in [-0.25, -0.2) is 0 Å². The largest absolute Gasteiger partial charge is 0.496 e. The molecule has 112 valence electrons. The number of thioether (sulfide) groups is 1. The number of hydrogen-bond donors (Lipinski definition) is 1. The Morgan fingerprint density at radius 3 is 2.33 bits per heavy atom. The molecule has 0 amide bonds. The summed E-state index contributed by atoms with van der Waals surface area (Å²) in [7, 11) is 1.70. The van der Waals surface area contributed by atoms with Crippen LogP contribution in [0.3, 0.4) is 0 Å². The predicted molar refractivity (Wildman–Crippen MR) is 91.3 cm³/mol. The van der Waals surface area contributed by atoms with Crippen molar-refractivity contribution >= 4 is 11.8 Å². The van der Waals surface area contributed by atoms with Gasteiger partial charge in [-0.1, -0.05) is 23.8 Å². The zero-order valence-corrected chi connectivity index (χ0v) is 14.0. The van der Waals surface area contributed by atoms with Crippen LogP contribution in [0.5, 0.6) is 5.75 Å². The van der Waals surface area contributed by atoms with Crippen LogP contribution in [0.1, 0.15) is 28.3 Å². The van der Waals surface area contributed by atoms with Crippen molar-refractivity contribution in [1.82, 2.24) is 0 Å². The first kappa shape index (κ1) is 15.9. The van der Waals surface area contributed by atoms with Crippen molar-refractivity contribution in [2.24, 2.45) is 5.73 Å². The van der Waals surface area contributed by atoms with Gasteiger partial charge in [0.1, 0.15) is 5.75 Å². The average Bonchev–Trinajstić information content (AvgIpc) is 2.48. The van der Waals surface area contributed by atoms with Crippen LogP contribution >= 0.6 is 11.8 Å². The minimum Gasteiger partial charge on any atom is -0.496 e. The topological polar surface area (TPSA) is 35.2 Å². The molecule has 3 heteroatoms. The highest BCUT2D eigenvalue weighted by Gasteiger charge is 2.12. The van der Waals surface area contributed by atoms with Crippen molar-refractivity contribution in [3.63, 3.8) is 0 Å². The van der Waals surface area contributed by atoms with E-state index in [0.717, 1.165) is 17.1 Å². The van der Waals surface area contributed by atoms with E-state index in [2.05, 4.69) is 57.2 Å². The van der Waals surface area contributed by atoms with Gasteiger partial charge in [0, 0.05) is 16.7 Å². The fraction of sp³-hybridized carbons (Fsp3) is 0.333. The van der Waals surface area contributed by atoms with Gasteiger partial charge in [-0.3, -0.25) is 0 Å². The van der Waals surface area contributed by atoms with E-state index in [-0.39, 0.29) is 6.04 Å². The van der Waals surface area contributed by atoms with E-state index in [1.165, 1.54) is 21.6 Å². The molecule has 0 heterocycles. The molecule has 2 nitrogen and oxygen atoms in total. The molecular weight excluding hydrogens is 278 g/mol. The summed E-state index contributed by atoms with van der Waals surface area (Å²) in [5.41, 5.74) is 11.2. The lowest BCUT2D eigenvalue weighted by atomic mass is 10.00. The lowest BCUT2D eigenvalue weighted by Crippen LogP contribution is -2.14. The molecule has 0 saturated carbocycles. The number of methoxy groups -OCH3 is 1. The molecule has 2 aromatic carbocycles. The number of rotatable bonds is 5. The van der Waals surface area contributed by atoms with Crippen LogP contribution in [0.25, 0.3) is 0 Å². The maximum absolute atomic E-state index is 6.37. The SMILES string of the molecule is COc1cc(C)c(C(N)CSc2ccc(C)cc2)cc1C.